The van der Waals surface area contributed by atoms with Crippen LogP contribution < -0.4 is 14.4 Å². The normalized spacial score (nSPS) is 13.4. The number of benzene rings is 4. The number of aryl methyl sites for hydroxylation is 1. The molecule has 0 aliphatic carbocycles. The zero-order valence-corrected chi connectivity index (χ0v) is 23.0. The lowest BCUT2D eigenvalue weighted by Gasteiger charge is -2.24. The van der Waals surface area contributed by atoms with Crippen LogP contribution in [0.25, 0.3) is 27.5 Å². The fourth-order valence-corrected chi connectivity index (χ4v) is 6.36. The quantitative estimate of drug-likeness (QED) is 0.229. The number of anilines is 3. The summed E-state index contributed by atoms with van der Waals surface area (Å²) in [5, 5.41) is 2.55. The molecule has 192 valence electrons. The number of pyridine rings is 1. The molecule has 3 heterocycles. The molecule has 0 saturated carbocycles. The summed E-state index contributed by atoms with van der Waals surface area (Å²) in [6.07, 6.45) is 2.13. The van der Waals surface area contributed by atoms with Crippen LogP contribution in [0.2, 0.25) is 0 Å². The Morgan fingerprint density at radius 1 is 0.667 bits per heavy atom. The lowest BCUT2D eigenvalue weighted by atomic mass is 9.80. The highest BCUT2D eigenvalue weighted by molar-refractivity contribution is 6.10. The van der Waals surface area contributed by atoms with E-state index in [-0.39, 0.29) is 5.41 Å². The molecular formula is C35H33N4+. The zero-order valence-electron chi connectivity index (χ0n) is 23.0. The van der Waals surface area contributed by atoms with E-state index in [0.29, 0.717) is 0 Å². The standard InChI is InChI=1S/C35H33N4/c1-35(2,34-18-9-10-21-36(34)3)25-12-11-13-27(22-25)39-30-15-6-5-14-28(30)29-20-19-26(23-33(29)39)38-24-37(4)31-16-7-8-17-32(31)38/h5-23H,24H2,1-4H3/q+1. The van der Waals surface area contributed by atoms with Gasteiger partial charge < -0.3 is 14.4 Å². The van der Waals surface area contributed by atoms with Crippen LogP contribution >= 0.6 is 0 Å². The largest absolute Gasteiger partial charge is 0.355 e. The summed E-state index contributed by atoms with van der Waals surface area (Å²) in [5.41, 5.74) is 9.77. The number of fused-ring (bicyclic) bond motifs is 4. The molecule has 0 saturated heterocycles. The molecule has 0 unspecified atom stereocenters. The first kappa shape index (κ1) is 23.5. The Labute approximate surface area is 230 Å². The first-order valence-corrected chi connectivity index (χ1v) is 13.6. The fourth-order valence-electron chi connectivity index (χ4n) is 6.36. The second-order valence-electron chi connectivity index (χ2n) is 11.2. The van der Waals surface area contributed by atoms with E-state index in [1.54, 1.807) is 0 Å². The average Bonchev–Trinajstić information content (AvgIpc) is 3.48. The van der Waals surface area contributed by atoms with Crippen LogP contribution in [0.15, 0.2) is 115 Å². The zero-order chi connectivity index (χ0) is 26.7. The van der Waals surface area contributed by atoms with Gasteiger partial charge in [-0.1, -0.05) is 54.6 Å². The third-order valence-electron chi connectivity index (χ3n) is 8.43. The van der Waals surface area contributed by atoms with Crippen LogP contribution in [0.3, 0.4) is 0 Å². The van der Waals surface area contributed by atoms with E-state index in [1.165, 1.54) is 55.8 Å². The molecule has 0 atom stereocenters. The predicted molar refractivity (Wildman–Crippen MR) is 162 cm³/mol. The van der Waals surface area contributed by atoms with Gasteiger partial charge in [0.25, 0.3) is 0 Å². The van der Waals surface area contributed by atoms with E-state index < -0.39 is 0 Å². The summed E-state index contributed by atoms with van der Waals surface area (Å²) in [5.74, 6) is 0. The van der Waals surface area contributed by atoms with Crippen molar-refractivity contribution in [3.63, 3.8) is 0 Å². The monoisotopic (exact) mass is 509 g/mol. The molecule has 0 radical (unpaired) electrons. The van der Waals surface area contributed by atoms with E-state index in [2.05, 4.69) is 162 Å². The topological polar surface area (TPSA) is 15.3 Å². The van der Waals surface area contributed by atoms with Gasteiger partial charge in [0, 0.05) is 41.3 Å². The van der Waals surface area contributed by atoms with Crippen molar-refractivity contribution < 1.29 is 4.57 Å². The summed E-state index contributed by atoms with van der Waals surface area (Å²) in [4.78, 5) is 4.72. The summed E-state index contributed by atoms with van der Waals surface area (Å²) in [7, 11) is 4.29. The molecule has 0 fully saturated rings. The Hall–Kier alpha value is -4.57. The smallest absolute Gasteiger partial charge is 0.191 e. The number of para-hydroxylation sites is 3. The molecule has 4 nitrogen and oxygen atoms in total. The van der Waals surface area contributed by atoms with Crippen molar-refractivity contribution in [2.45, 2.75) is 19.3 Å². The van der Waals surface area contributed by atoms with E-state index in [4.69, 9.17) is 0 Å². The van der Waals surface area contributed by atoms with E-state index in [1.807, 2.05) is 0 Å². The summed E-state index contributed by atoms with van der Waals surface area (Å²) in [6, 6.07) is 39.8. The SMILES string of the molecule is CN1CN(c2ccc3c4ccccc4n(-c4cccc(C(C)(C)c5cccc[n+]5C)c4)c3c2)c2ccccc21. The van der Waals surface area contributed by atoms with Crippen LogP contribution in [0.1, 0.15) is 25.1 Å². The molecule has 0 amide bonds. The van der Waals surface area contributed by atoms with Crippen LogP contribution in [-0.2, 0) is 12.5 Å². The molecule has 4 aromatic carbocycles. The van der Waals surface area contributed by atoms with Crippen molar-refractivity contribution in [2.75, 3.05) is 23.5 Å². The number of nitrogens with zero attached hydrogens (tertiary/aromatic N) is 4. The van der Waals surface area contributed by atoms with Crippen LogP contribution in [-0.4, -0.2) is 18.3 Å². The third-order valence-corrected chi connectivity index (χ3v) is 8.43. The van der Waals surface area contributed by atoms with E-state index in [0.717, 1.165) is 6.67 Å². The van der Waals surface area contributed by atoms with Crippen molar-refractivity contribution in [2.24, 2.45) is 7.05 Å². The molecule has 0 N–H and O–H groups in total. The fraction of sp³-hybridized carbons (Fsp3) is 0.171. The van der Waals surface area contributed by atoms with Crippen molar-refractivity contribution in [3.05, 3.63) is 127 Å². The highest BCUT2D eigenvalue weighted by Crippen LogP contribution is 2.42. The second kappa shape index (κ2) is 8.74. The third kappa shape index (κ3) is 3.63. The predicted octanol–water partition coefficient (Wildman–Crippen LogP) is 7.48. The van der Waals surface area contributed by atoms with Gasteiger partial charge in [-0.25, -0.2) is 4.57 Å². The maximum Gasteiger partial charge on any atom is 0.191 e. The Balaban J connectivity index is 1.42. The minimum Gasteiger partial charge on any atom is -0.355 e. The number of hydrogen-bond acceptors (Lipinski definition) is 2. The summed E-state index contributed by atoms with van der Waals surface area (Å²) >= 11 is 0. The van der Waals surface area contributed by atoms with Crippen molar-refractivity contribution in [3.8, 4) is 5.69 Å². The van der Waals surface area contributed by atoms with Gasteiger partial charge in [-0.15, -0.1) is 0 Å². The van der Waals surface area contributed by atoms with Crippen molar-refractivity contribution >= 4 is 38.9 Å². The molecular weight excluding hydrogens is 476 g/mol. The van der Waals surface area contributed by atoms with Gasteiger partial charge in [0.1, 0.15) is 7.05 Å². The highest BCUT2D eigenvalue weighted by Gasteiger charge is 2.31. The van der Waals surface area contributed by atoms with E-state index >= 15 is 0 Å². The van der Waals surface area contributed by atoms with Gasteiger partial charge in [0.15, 0.2) is 11.9 Å². The maximum atomic E-state index is 2.43. The van der Waals surface area contributed by atoms with Gasteiger partial charge >= 0.3 is 0 Å². The highest BCUT2D eigenvalue weighted by atomic mass is 15.4. The molecule has 7 rings (SSSR count). The first-order valence-electron chi connectivity index (χ1n) is 13.6. The van der Waals surface area contributed by atoms with Crippen molar-refractivity contribution in [1.82, 2.24) is 4.57 Å². The Morgan fingerprint density at radius 3 is 2.26 bits per heavy atom. The minimum atomic E-state index is -0.153. The molecule has 1 aliphatic rings. The van der Waals surface area contributed by atoms with Gasteiger partial charge in [0.2, 0.25) is 0 Å². The molecule has 1 aliphatic heterocycles. The van der Waals surface area contributed by atoms with Gasteiger partial charge in [-0.3, -0.25) is 0 Å². The summed E-state index contributed by atoms with van der Waals surface area (Å²) in [6.45, 7) is 5.46. The molecule has 0 bridgehead atoms. The maximum absolute atomic E-state index is 2.43. The van der Waals surface area contributed by atoms with Crippen LogP contribution in [0.4, 0.5) is 17.1 Å². The molecule has 39 heavy (non-hydrogen) atoms. The minimum absolute atomic E-state index is 0.153. The number of aromatic nitrogens is 2. The second-order valence-corrected chi connectivity index (χ2v) is 11.2. The Kier molecular flexibility index (Phi) is 5.27. The number of hydrogen-bond donors (Lipinski definition) is 0. The molecule has 6 aromatic rings. The van der Waals surface area contributed by atoms with Crippen molar-refractivity contribution in [1.29, 1.82) is 0 Å². The number of rotatable bonds is 4. The molecule has 2 aromatic heterocycles. The Bertz CT molecular complexity index is 1860. The average molecular weight is 510 g/mol. The lowest BCUT2D eigenvalue weighted by molar-refractivity contribution is -0.682. The lowest BCUT2D eigenvalue weighted by Crippen LogP contribution is -2.40. The first-order chi connectivity index (χ1) is 18.9. The summed E-state index contributed by atoms with van der Waals surface area (Å²) < 4.78 is 4.66. The Morgan fingerprint density at radius 2 is 1.41 bits per heavy atom. The van der Waals surface area contributed by atoms with Crippen LogP contribution in [0.5, 0.6) is 0 Å². The molecule has 4 heteroatoms. The van der Waals surface area contributed by atoms with Gasteiger partial charge in [0.05, 0.1) is 34.5 Å². The molecule has 0 spiro atoms. The van der Waals surface area contributed by atoms with Gasteiger partial charge in [-0.2, -0.15) is 0 Å². The van der Waals surface area contributed by atoms with Gasteiger partial charge in [-0.05, 0) is 61.9 Å². The van der Waals surface area contributed by atoms with E-state index in [9.17, 15) is 0 Å². The van der Waals surface area contributed by atoms with Crippen LogP contribution in [0, 0.1) is 0 Å².